The van der Waals surface area contributed by atoms with Crippen LogP contribution in [0, 0.1) is 5.92 Å². The van der Waals surface area contributed by atoms with Crippen molar-refractivity contribution >= 4 is 42.0 Å². The van der Waals surface area contributed by atoms with Crippen LogP contribution >= 0.6 is 12.6 Å². The molecule has 2 aliphatic rings. The first-order chi connectivity index (χ1) is 19.4. The van der Waals surface area contributed by atoms with Crippen molar-refractivity contribution < 1.29 is 38.2 Å². The van der Waals surface area contributed by atoms with Gasteiger partial charge in [-0.1, -0.05) is 27.7 Å². The molecule has 0 radical (unpaired) electrons. The molecule has 41 heavy (non-hydrogen) atoms. The van der Waals surface area contributed by atoms with Gasteiger partial charge < -0.3 is 19.0 Å². The fraction of sp³-hybridized carbons (Fsp3) is 0.621. The van der Waals surface area contributed by atoms with Crippen LogP contribution < -0.4 is 10.2 Å². The van der Waals surface area contributed by atoms with Gasteiger partial charge in [-0.2, -0.15) is 17.7 Å². The number of hydrogen-bond acceptors (Lipinski definition) is 10. The number of hydroxylamine groups is 2. The number of hydrogen-bond donors (Lipinski definition) is 2. The minimum atomic E-state index is -0.700. The first kappa shape index (κ1) is 32.6. The van der Waals surface area contributed by atoms with Crippen LogP contribution in [-0.4, -0.2) is 71.7 Å². The number of thiol groups is 1. The average Bonchev–Trinajstić information content (AvgIpc) is 3.21. The molecule has 1 heterocycles. The predicted octanol–water partition coefficient (Wildman–Crippen LogP) is 3.38. The van der Waals surface area contributed by atoms with Gasteiger partial charge >= 0.3 is 5.97 Å². The van der Waals surface area contributed by atoms with E-state index < -0.39 is 22.5 Å². The lowest BCUT2D eigenvalue weighted by molar-refractivity contribution is -0.198. The lowest BCUT2D eigenvalue weighted by Crippen LogP contribution is -2.32. The summed E-state index contributed by atoms with van der Waals surface area (Å²) in [6, 6.07) is 5.91. The second-order valence-electron chi connectivity index (χ2n) is 11.1. The number of aryl methyl sites for hydroxylation is 1. The molecule has 3 rings (SSSR count). The quantitative estimate of drug-likeness (QED) is 0.137. The van der Waals surface area contributed by atoms with E-state index in [0.29, 0.717) is 18.3 Å². The summed E-state index contributed by atoms with van der Waals surface area (Å²) < 4.78 is 17.1. The van der Waals surface area contributed by atoms with E-state index in [0.717, 1.165) is 41.9 Å². The molecular formula is C29H41N3O8S. The van der Waals surface area contributed by atoms with Gasteiger partial charge in [0, 0.05) is 29.6 Å². The summed E-state index contributed by atoms with van der Waals surface area (Å²) in [5, 5.41) is 4.91. The van der Waals surface area contributed by atoms with E-state index in [-0.39, 0.29) is 56.8 Å². The van der Waals surface area contributed by atoms with Gasteiger partial charge in [-0.05, 0) is 48.9 Å². The van der Waals surface area contributed by atoms with Crippen molar-refractivity contribution in [3.63, 3.8) is 0 Å². The second-order valence-corrected chi connectivity index (χ2v) is 12.3. The van der Waals surface area contributed by atoms with Gasteiger partial charge in [0.25, 0.3) is 11.8 Å². The normalized spacial score (nSPS) is 17.1. The highest BCUT2D eigenvalue weighted by Crippen LogP contribution is 2.26. The Morgan fingerprint density at radius 3 is 2.49 bits per heavy atom. The third-order valence-electron chi connectivity index (χ3n) is 6.52. The van der Waals surface area contributed by atoms with E-state index >= 15 is 0 Å². The zero-order valence-corrected chi connectivity index (χ0v) is 25.2. The Morgan fingerprint density at radius 2 is 1.80 bits per heavy atom. The Morgan fingerprint density at radius 1 is 1.07 bits per heavy atom. The van der Waals surface area contributed by atoms with Gasteiger partial charge in [-0.25, -0.2) is 10.2 Å². The van der Waals surface area contributed by atoms with Crippen LogP contribution in [0.2, 0.25) is 0 Å². The maximum absolute atomic E-state index is 12.2. The monoisotopic (exact) mass is 591 g/mol. The van der Waals surface area contributed by atoms with Crippen molar-refractivity contribution in [2.75, 3.05) is 26.4 Å². The number of amides is 3. The maximum atomic E-state index is 12.2. The van der Waals surface area contributed by atoms with Crippen LogP contribution in [0.1, 0.15) is 77.3 Å². The summed E-state index contributed by atoms with van der Waals surface area (Å²) in [6.45, 7) is 8.88. The Labute approximate surface area is 246 Å². The highest BCUT2D eigenvalue weighted by molar-refractivity contribution is 7.81. The van der Waals surface area contributed by atoms with Crippen LogP contribution in [-0.2, 0) is 39.9 Å². The lowest BCUT2D eigenvalue weighted by Gasteiger charge is -2.23. The molecule has 0 saturated carbocycles. The number of nitrogens with zero attached hydrogens (tertiary/aromatic N) is 2. The zero-order chi connectivity index (χ0) is 30.0. The molecule has 0 bridgehead atoms. The fourth-order valence-corrected chi connectivity index (χ4v) is 4.48. The molecule has 3 amide bonds. The molecule has 1 aromatic carbocycles. The van der Waals surface area contributed by atoms with Crippen molar-refractivity contribution in [1.29, 1.82) is 0 Å². The SMILES string of the molecule is CC(C)C(COc1ccc2c(c1)CCC/C2=N\NC(=O)CC(C)(C)S)OCCOCCC(=O)ON1C(=O)CCC1=O. The lowest BCUT2D eigenvalue weighted by atomic mass is 9.90. The molecule has 1 N–H and O–H groups in total. The van der Waals surface area contributed by atoms with Crippen LogP contribution in [0.25, 0.3) is 0 Å². The third kappa shape index (κ3) is 10.8. The zero-order valence-electron chi connectivity index (χ0n) is 24.3. The van der Waals surface area contributed by atoms with E-state index in [1.54, 1.807) is 0 Å². The van der Waals surface area contributed by atoms with E-state index in [4.69, 9.17) is 19.0 Å². The minimum Gasteiger partial charge on any atom is -0.491 e. The van der Waals surface area contributed by atoms with Crippen molar-refractivity contribution in [1.82, 2.24) is 10.5 Å². The summed E-state index contributed by atoms with van der Waals surface area (Å²) in [5.74, 6) is -0.946. The number of rotatable bonds is 15. The molecule has 0 aromatic heterocycles. The number of imide groups is 1. The second kappa shape index (κ2) is 15.3. The van der Waals surface area contributed by atoms with Crippen LogP contribution in [0.3, 0.4) is 0 Å². The van der Waals surface area contributed by atoms with Gasteiger partial charge in [0.1, 0.15) is 12.4 Å². The molecule has 1 unspecified atom stereocenters. The van der Waals surface area contributed by atoms with Crippen molar-refractivity contribution in [3.8, 4) is 5.75 Å². The highest BCUT2D eigenvalue weighted by Gasteiger charge is 2.32. The van der Waals surface area contributed by atoms with Crippen molar-refractivity contribution in [2.24, 2.45) is 11.0 Å². The molecular weight excluding hydrogens is 550 g/mol. The van der Waals surface area contributed by atoms with Gasteiger partial charge in [0.2, 0.25) is 5.91 Å². The predicted molar refractivity (Wildman–Crippen MR) is 154 cm³/mol. The van der Waals surface area contributed by atoms with E-state index in [1.807, 2.05) is 45.9 Å². The average molecular weight is 592 g/mol. The minimum absolute atomic E-state index is 0.0554. The standard InChI is InChI=1S/C29H41N3O8S/c1-19(2)24(38-15-14-37-13-12-28(36)40-32-26(34)10-11-27(32)35)18-39-21-8-9-22-20(16-21)6-5-7-23(22)30-31-25(33)17-29(3,4)41/h8-9,16,19,24,41H,5-7,10-15,17-18H2,1-4H3,(H,31,33)/b30-23+. The number of ether oxygens (including phenoxy) is 3. The van der Waals surface area contributed by atoms with Gasteiger partial charge in [0.05, 0.1) is 38.1 Å². The third-order valence-corrected chi connectivity index (χ3v) is 6.68. The Bertz CT molecular complexity index is 1120. The largest absolute Gasteiger partial charge is 0.491 e. The smallest absolute Gasteiger partial charge is 0.335 e. The summed E-state index contributed by atoms with van der Waals surface area (Å²) in [4.78, 5) is 51.8. The summed E-state index contributed by atoms with van der Waals surface area (Å²) >= 11 is 4.40. The first-order valence-corrected chi connectivity index (χ1v) is 14.5. The Balaban J connectivity index is 1.40. The molecule has 11 nitrogen and oxygen atoms in total. The van der Waals surface area contributed by atoms with E-state index in [2.05, 4.69) is 23.2 Å². The highest BCUT2D eigenvalue weighted by atomic mass is 32.1. The number of benzene rings is 1. The topological polar surface area (TPSA) is 133 Å². The number of hydrazone groups is 1. The molecule has 1 fully saturated rings. The Kier molecular flexibility index (Phi) is 12.2. The van der Waals surface area contributed by atoms with E-state index in [1.165, 1.54) is 0 Å². The van der Waals surface area contributed by atoms with Crippen molar-refractivity contribution in [3.05, 3.63) is 29.3 Å². The molecule has 0 spiro atoms. The first-order valence-electron chi connectivity index (χ1n) is 14.0. The molecule has 1 aliphatic carbocycles. The summed E-state index contributed by atoms with van der Waals surface area (Å²) in [6.07, 6.45) is 2.77. The van der Waals surface area contributed by atoms with Gasteiger partial charge in [-0.15, -0.1) is 5.06 Å². The number of carbonyl (C=O) groups excluding carboxylic acids is 4. The molecule has 12 heteroatoms. The fourth-order valence-electron chi connectivity index (χ4n) is 4.34. The van der Waals surface area contributed by atoms with Crippen LogP contribution in [0.4, 0.5) is 0 Å². The molecule has 1 atom stereocenters. The number of fused-ring (bicyclic) bond motifs is 1. The van der Waals surface area contributed by atoms with Crippen molar-refractivity contribution in [2.45, 2.75) is 83.5 Å². The number of nitrogens with one attached hydrogen (secondary N) is 1. The van der Waals surface area contributed by atoms with Gasteiger partial charge in [0.15, 0.2) is 0 Å². The Hall–Kier alpha value is -2.96. The van der Waals surface area contributed by atoms with E-state index in [9.17, 15) is 19.2 Å². The van der Waals surface area contributed by atoms with Gasteiger partial charge in [-0.3, -0.25) is 14.4 Å². The molecule has 1 aromatic rings. The molecule has 1 aliphatic heterocycles. The van der Waals surface area contributed by atoms with Crippen LogP contribution in [0.15, 0.2) is 23.3 Å². The summed E-state index contributed by atoms with van der Waals surface area (Å²) in [7, 11) is 0. The number of carbonyl (C=O) groups is 4. The maximum Gasteiger partial charge on any atom is 0.335 e. The molecule has 226 valence electrons. The van der Waals surface area contributed by atoms with Crippen LogP contribution in [0.5, 0.6) is 5.75 Å². The summed E-state index contributed by atoms with van der Waals surface area (Å²) in [5.41, 5.74) is 5.67. The molecule has 1 saturated heterocycles.